The molecule has 1 atom stereocenters. The molecule has 3 heterocycles. The van der Waals surface area contributed by atoms with Crippen LogP contribution < -0.4 is 0 Å². The van der Waals surface area contributed by atoms with Gasteiger partial charge in [0.15, 0.2) is 0 Å². The van der Waals surface area contributed by atoms with Crippen LogP contribution >= 0.6 is 0 Å². The standard InChI is InChI=1S/C21H24N4O2/c1-14-18(15(2)27-23-14)8-9-21(26)25-12-16-6-4-5-7-19(16)20(13-25)17-10-22-24(3)11-17/h4-7,10-11,20H,8-9,12-13H2,1-3H3. The maximum Gasteiger partial charge on any atom is 0.223 e. The monoisotopic (exact) mass is 364 g/mol. The zero-order chi connectivity index (χ0) is 19.0. The van der Waals surface area contributed by atoms with E-state index in [2.05, 4.69) is 28.5 Å². The van der Waals surface area contributed by atoms with Crippen LogP contribution in [0.5, 0.6) is 0 Å². The lowest BCUT2D eigenvalue weighted by Gasteiger charge is -2.34. The average molecular weight is 364 g/mol. The fourth-order valence-corrected chi connectivity index (χ4v) is 3.95. The topological polar surface area (TPSA) is 64.2 Å². The molecule has 4 rings (SSSR count). The molecule has 0 saturated carbocycles. The molecule has 1 aromatic carbocycles. The molecule has 140 valence electrons. The third kappa shape index (κ3) is 3.39. The molecule has 0 radical (unpaired) electrons. The summed E-state index contributed by atoms with van der Waals surface area (Å²) in [7, 11) is 1.92. The number of carbonyl (C=O) groups is 1. The van der Waals surface area contributed by atoms with Crippen LogP contribution in [0.4, 0.5) is 0 Å². The minimum absolute atomic E-state index is 0.159. The molecule has 1 unspecified atom stereocenters. The second-order valence-electron chi connectivity index (χ2n) is 7.28. The van der Waals surface area contributed by atoms with Crippen molar-refractivity contribution in [3.05, 3.63) is 70.4 Å². The van der Waals surface area contributed by atoms with E-state index in [1.807, 2.05) is 48.9 Å². The fourth-order valence-electron chi connectivity index (χ4n) is 3.95. The summed E-state index contributed by atoms with van der Waals surface area (Å²) in [5.74, 6) is 1.13. The van der Waals surface area contributed by atoms with Crippen molar-refractivity contribution in [2.75, 3.05) is 6.54 Å². The average Bonchev–Trinajstić information content (AvgIpc) is 3.24. The van der Waals surface area contributed by atoms with Crippen LogP contribution in [-0.4, -0.2) is 32.3 Å². The molecule has 0 saturated heterocycles. The summed E-state index contributed by atoms with van der Waals surface area (Å²) in [6, 6.07) is 8.39. The van der Waals surface area contributed by atoms with Crippen LogP contribution in [-0.2, 0) is 24.8 Å². The second kappa shape index (κ2) is 7.02. The number of nitrogens with zero attached hydrogens (tertiary/aromatic N) is 4. The highest BCUT2D eigenvalue weighted by Gasteiger charge is 2.29. The molecule has 0 spiro atoms. The Labute approximate surface area is 158 Å². The van der Waals surface area contributed by atoms with E-state index in [1.54, 1.807) is 0 Å². The van der Waals surface area contributed by atoms with Gasteiger partial charge in [-0.2, -0.15) is 5.10 Å². The number of amides is 1. The van der Waals surface area contributed by atoms with Gasteiger partial charge in [-0.3, -0.25) is 9.48 Å². The van der Waals surface area contributed by atoms with Crippen LogP contribution in [0.15, 0.2) is 41.2 Å². The molecular weight excluding hydrogens is 340 g/mol. The Morgan fingerprint density at radius 3 is 2.81 bits per heavy atom. The molecule has 1 aliphatic rings. The van der Waals surface area contributed by atoms with Crippen molar-refractivity contribution in [3.63, 3.8) is 0 Å². The number of aryl methyl sites for hydroxylation is 3. The first-order valence-electron chi connectivity index (χ1n) is 9.29. The second-order valence-corrected chi connectivity index (χ2v) is 7.28. The van der Waals surface area contributed by atoms with Crippen molar-refractivity contribution in [1.82, 2.24) is 19.8 Å². The minimum atomic E-state index is 0.159. The zero-order valence-corrected chi connectivity index (χ0v) is 16.0. The normalized spacial score (nSPS) is 16.4. The van der Waals surface area contributed by atoms with Gasteiger partial charge in [-0.15, -0.1) is 0 Å². The lowest BCUT2D eigenvalue weighted by atomic mass is 9.86. The molecule has 1 aliphatic heterocycles. The largest absolute Gasteiger partial charge is 0.361 e. The first-order valence-corrected chi connectivity index (χ1v) is 9.29. The maximum absolute atomic E-state index is 13.0. The molecule has 0 N–H and O–H groups in total. The third-order valence-electron chi connectivity index (χ3n) is 5.44. The smallest absolute Gasteiger partial charge is 0.223 e. The Morgan fingerprint density at radius 1 is 1.30 bits per heavy atom. The zero-order valence-electron chi connectivity index (χ0n) is 16.0. The van der Waals surface area contributed by atoms with Gasteiger partial charge in [0.1, 0.15) is 5.76 Å². The lowest BCUT2D eigenvalue weighted by Crippen LogP contribution is -2.38. The summed E-state index contributed by atoms with van der Waals surface area (Å²) < 4.78 is 7.03. The van der Waals surface area contributed by atoms with Gasteiger partial charge in [-0.05, 0) is 37.0 Å². The number of carbonyl (C=O) groups excluding carboxylic acids is 1. The van der Waals surface area contributed by atoms with Gasteiger partial charge in [-0.1, -0.05) is 29.4 Å². The Hall–Kier alpha value is -2.89. The number of rotatable bonds is 4. The first kappa shape index (κ1) is 17.5. The molecule has 3 aromatic rings. The van der Waals surface area contributed by atoms with Gasteiger partial charge >= 0.3 is 0 Å². The van der Waals surface area contributed by atoms with Crippen molar-refractivity contribution in [3.8, 4) is 0 Å². The van der Waals surface area contributed by atoms with Crippen LogP contribution in [0.3, 0.4) is 0 Å². The van der Waals surface area contributed by atoms with E-state index in [1.165, 1.54) is 11.1 Å². The number of aromatic nitrogens is 3. The van der Waals surface area contributed by atoms with Gasteiger partial charge in [0, 0.05) is 44.2 Å². The fraction of sp³-hybridized carbons (Fsp3) is 0.381. The molecule has 0 fully saturated rings. The van der Waals surface area contributed by atoms with Gasteiger partial charge in [0.05, 0.1) is 11.9 Å². The van der Waals surface area contributed by atoms with Crippen molar-refractivity contribution in [2.45, 2.75) is 39.2 Å². The van der Waals surface area contributed by atoms with E-state index in [-0.39, 0.29) is 11.8 Å². The Balaban J connectivity index is 1.54. The van der Waals surface area contributed by atoms with Gasteiger partial charge < -0.3 is 9.42 Å². The molecule has 0 aliphatic carbocycles. The summed E-state index contributed by atoms with van der Waals surface area (Å²) in [5, 5.41) is 8.30. The van der Waals surface area contributed by atoms with E-state index in [0.717, 1.165) is 22.6 Å². The van der Waals surface area contributed by atoms with Crippen LogP contribution in [0, 0.1) is 13.8 Å². The quantitative estimate of drug-likeness (QED) is 0.713. The highest BCUT2D eigenvalue weighted by atomic mass is 16.5. The summed E-state index contributed by atoms with van der Waals surface area (Å²) in [5.41, 5.74) is 5.57. The van der Waals surface area contributed by atoms with Crippen molar-refractivity contribution in [1.29, 1.82) is 0 Å². The predicted molar refractivity (Wildman–Crippen MR) is 101 cm³/mol. The Kier molecular flexibility index (Phi) is 4.56. The van der Waals surface area contributed by atoms with E-state index < -0.39 is 0 Å². The molecule has 6 nitrogen and oxygen atoms in total. The molecule has 0 bridgehead atoms. The van der Waals surface area contributed by atoms with Crippen LogP contribution in [0.2, 0.25) is 0 Å². The van der Waals surface area contributed by atoms with E-state index in [0.29, 0.717) is 25.9 Å². The van der Waals surface area contributed by atoms with E-state index in [4.69, 9.17) is 4.52 Å². The van der Waals surface area contributed by atoms with Gasteiger partial charge in [0.2, 0.25) is 5.91 Å². The number of fused-ring (bicyclic) bond motifs is 1. The Bertz CT molecular complexity index is 953. The molecule has 27 heavy (non-hydrogen) atoms. The van der Waals surface area contributed by atoms with Crippen molar-refractivity contribution in [2.24, 2.45) is 7.05 Å². The predicted octanol–water partition coefficient (Wildman–Crippen LogP) is 3.13. The molecule has 1 amide bonds. The Morgan fingerprint density at radius 2 is 2.11 bits per heavy atom. The van der Waals surface area contributed by atoms with Gasteiger partial charge in [0.25, 0.3) is 0 Å². The molecule has 2 aromatic heterocycles. The van der Waals surface area contributed by atoms with Crippen molar-refractivity contribution < 1.29 is 9.32 Å². The highest BCUT2D eigenvalue weighted by Crippen LogP contribution is 2.33. The highest BCUT2D eigenvalue weighted by molar-refractivity contribution is 5.77. The first-order chi connectivity index (χ1) is 13.0. The lowest BCUT2D eigenvalue weighted by molar-refractivity contribution is -0.132. The number of benzene rings is 1. The maximum atomic E-state index is 13.0. The summed E-state index contributed by atoms with van der Waals surface area (Å²) in [4.78, 5) is 14.9. The summed E-state index contributed by atoms with van der Waals surface area (Å²) >= 11 is 0. The van der Waals surface area contributed by atoms with Gasteiger partial charge in [-0.25, -0.2) is 0 Å². The van der Waals surface area contributed by atoms with E-state index >= 15 is 0 Å². The number of hydrogen-bond donors (Lipinski definition) is 0. The SMILES string of the molecule is Cc1noc(C)c1CCC(=O)N1Cc2ccccc2C(c2cnn(C)c2)C1. The van der Waals surface area contributed by atoms with E-state index in [9.17, 15) is 4.79 Å². The number of hydrogen-bond acceptors (Lipinski definition) is 4. The molecule has 6 heteroatoms. The van der Waals surface area contributed by atoms with Crippen LogP contribution in [0.25, 0.3) is 0 Å². The molecular formula is C21H24N4O2. The summed E-state index contributed by atoms with van der Waals surface area (Å²) in [6.45, 7) is 5.16. The van der Waals surface area contributed by atoms with Crippen LogP contribution in [0.1, 0.15) is 46.0 Å². The van der Waals surface area contributed by atoms with Crippen molar-refractivity contribution >= 4 is 5.91 Å². The third-order valence-corrected chi connectivity index (χ3v) is 5.44. The summed E-state index contributed by atoms with van der Waals surface area (Å²) in [6.07, 6.45) is 5.07. The minimum Gasteiger partial charge on any atom is -0.361 e.